The summed E-state index contributed by atoms with van der Waals surface area (Å²) >= 11 is 0. The average molecular weight is 636 g/mol. The van der Waals surface area contributed by atoms with Crippen molar-refractivity contribution in [3.05, 3.63) is 84.6 Å². The first-order valence-electron chi connectivity index (χ1n) is 17.3. The standard InChI is InChI=1S/C39H49N5O3/c1-8-25-20(3)28-17-30-22(5)35(24(7)39(47)40-14-12-10-11-13-15-45)37(43-30)27-16-34(46)36-23(6)31(44-38(27)36)19-33-26(9-2)21(4)29(42-33)18-32(25)41-28/h8,18-19,24,27,31,41-43,45H,1,9-17H2,2-7H3,(H,40,47). The highest BCUT2D eigenvalue weighted by atomic mass is 16.3. The van der Waals surface area contributed by atoms with Gasteiger partial charge in [-0.2, -0.15) is 0 Å². The van der Waals surface area contributed by atoms with Gasteiger partial charge in [0, 0.05) is 76.5 Å². The Morgan fingerprint density at radius 1 is 1.06 bits per heavy atom. The van der Waals surface area contributed by atoms with Gasteiger partial charge in [0.15, 0.2) is 5.78 Å². The van der Waals surface area contributed by atoms with Crippen LogP contribution in [0.15, 0.2) is 22.7 Å². The van der Waals surface area contributed by atoms with Gasteiger partial charge >= 0.3 is 0 Å². The fraction of sp³-hybridized carbons (Fsp3) is 0.462. The monoisotopic (exact) mass is 635 g/mol. The molecule has 0 aromatic carbocycles. The molecular weight excluding hydrogens is 586 g/mol. The molecule has 0 saturated heterocycles. The molecule has 1 saturated carbocycles. The Morgan fingerprint density at radius 3 is 2.53 bits per heavy atom. The predicted molar refractivity (Wildman–Crippen MR) is 189 cm³/mol. The van der Waals surface area contributed by atoms with Gasteiger partial charge in [0.1, 0.15) is 0 Å². The molecule has 0 radical (unpaired) electrons. The van der Waals surface area contributed by atoms with Crippen molar-refractivity contribution in [1.82, 2.24) is 20.3 Å². The lowest BCUT2D eigenvalue weighted by Crippen LogP contribution is -2.29. The summed E-state index contributed by atoms with van der Waals surface area (Å²) in [6.45, 7) is 17.5. The summed E-state index contributed by atoms with van der Waals surface area (Å²) in [5, 5.41) is 14.3. The molecule has 3 unspecified atom stereocenters. The van der Waals surface area contributed by atoms with E-state index in [1.165, 1.54) is 11.1 Å². The number of carbonyl (C=O) groups is 2. The van der Waals surface area contributed by atoms with Crippen LogP contribution in [0.3, 0.4) is 0 Å². The Labute approximate surface area is 277 Å². The predicted octanol–water partition coefficient (Wildman–Crippen LogP) is 4.98. The molecule has 3 aromatic rings. The van der Waals surface area contributed by atoms with Gasteiger partial charge in [-0.05, 0) is 99.4 Å². The Morgan fingerprint density at radius 2 is 1.81 bits per heavy atom. The number of H-pyrrole nitrogens is 3. The van der Waals surface area contributed by atoms with Gasteiger partial charge < -0.3 is 25.4 Å². The number of amides is 1. The van der Waals surface area contributed by atoms with Crippen molar-refractivity contribution in [2.24, 2.45) is 4.99 Å². The van der Waals surface area contributed by atoms with E-state index in [9.17, 15) is 9.59 Å². The smallest absolute Gasteiger partial charge is 0.227 e. The quantitative estimate of drug-likeness (QED) is 0.202. The highest BCUT2D eigenvalue weighted by Gasteiger charge is 2.44. The highest BCUT2D eigenvalue weighted by Crippen LogP contribution is 2.44. The van der Waals surface area contributed by atoms with Gasteiger partial charge in [-0.15, -0.1) is 0 Å². The maximum atomic E-state index is 13.7. The van der Waals surface area contributed by atoms with Crippen LogP contribution in [-0.4, -0.2) is 56.7 Å². The zero-order valence-electron chi connectivity index (χ0n) is 28.7. The second-order valence-electron chi connectivity index (χ2n) is 13.6. The molecular formula is C39H49N5O3. The van der Waals surface area contributed by atoms with E-state index < -0.39 is 5.92 Å². The molecule has 8 heteroatoms. The Balaban J connectivity index is 1.50. The molecule has 3 aliphatic rings. The van der Waals surface area contributed by atoms with Crippen LogP contribution in [-0.2, 0) is 22.4 Å². The number of rotatable bonds is 10. The van der Waals surface area contributed by atoms with Crippen molar-refractivity contribution in [2.75, 3.05) is 13.2 Å². The number of aliphatic hydroxyl groups excluding tert-OH is 1. The number of nitrogens with one attached hydrogen (secondary N) is 4. The molecule has 1 aliphatic carbocycles. The summed E-state index contributed by atoms with van der Waals surface area (Å²) < 4.78 is 0. The number of fused-ring (bicyclic) bond motifs is 8. The van der Waals surface area contributed by atoms with Crippen molar-refractivity contribution in [3.8, 4) is 0 Å². The Kier molecular flexibility index (Phi) is 9.16. The summed E-state index contributed by atoms with van der Waals surface area (Å²) in [6.07, 6.45) is 11.7. The minimum Gasteiger partial charge on any atom is -0.396 e. The van der Waals surface area contributed by atoms with Crippen LogP contribution in [0.5, 0.6) is 0 Å². The lowest BCUT2D eigenvalue weighted by Gasteiger charge is -2.18. The van der Waals surface area contributed by atoms with Crippen molar-refractivity contribution in [2.45, 2.75) is 104 Å². The summed E-state index contributed by atoms with van der Waals surface area (Å²) in [4.78, 5) is 43.7. The van der Waals surface area contributed by atoms with Crippen LogP contribution < -0.4 is 16.0 Å². The van der Waals surface area contributed by atoms with Crippen LogP contribution in [0.25, 0.3) is 18.2 Å². The summed E-state index contributed by atoms with van der Waals surface area (Å²) in [5.74, 6) is -0.544. The highest BCUT2D eigenvalue weighted by molar-refractivity contribution is 6.32. The van der Waals surface area contributed by atoms with E-state index in [0.29, 0.717) is 19.4 Å². The maximum Gasteiger partial charge on any atom is 0.227 e. The molecule has 5 N–H and O–H groups in total. The number of unbranched alkanes of at least 4 members (excludes halogenated alkanes) is 3. The van der Waals surface area contributed by atoms with Gasteiger partial charge in [-0.25, -0.2) is 0 Å². The van der Waals surface area contributed by atoms with Crippen molar-refractivity contribution in [3.63, 3.8) is 0 Å². The summed E-state index contributed by atoms with van der Waals surface area (Å²) in [5.41, 5.74) is 13.4. The Bertz CT molecular complexity index is 1950. The zero-order chi connectivity index (χ0) is 33.6. The second-order valence-corrected chi connectivity index (χ2v) is 13.6. The largest absolute Gasteiger partial charge is 0.396 e. The number of aliphatic hydroxyl groups is 1. The van der Waals surface area contributed by atoms with Crippen molar-refractivity contribution < 1.29 is 14.7 Å². The molecule has 8 bridgehead atoms. The number of nitrogens with zero attached hydrogens (tertiary/aromatic N) is 1. The molecule has 3 atom stereocenters. The van der Waals surface area contributed by atoms with E-state index in [1.807, 2.05) is 19.9 Å². The molecule has 2 aliphatic heterocycles. The third-order valence-corrected chi connectivity index (χ3v) is 10.8. The van der Waals surface area contributed by atoms with E-state index in [2.05, 4.69) is 66.7 Å². The van der Waals surface area contributed by atoms with Crippen molar-refractivity contribution >= 4 is 35.6 Å². The normalized spacial score (nSPS) is 19.0. The fourth-order valence-electron chi connectivity index (χ4n) is 8.00. The molecule has 5 heterocycles. The van der Waals surface area contributed by atoms with E-state index in [0.717, 1.165) is 105 Å². The van der Waals surface area contributed by atoms with Crippen LogP contribution in [0.4, 0.5) is 0 Å². The van der Waals surface area contributed by atoms with Crippen LogP contribution in [0, 0.1) is 20.8 Å². The number of allylic oxidation sites excluding steroid dienone is 1. The second kappa shape index (κ2) is 13.1. The van der Waals surface area contributed by atoms with Crippen LogP contribution in [0.1, 0.15) is 121 Å². The number of hydrogen-bond acceptors (Lipinski definition) is 4. The first-order valence-corrected chi connectivity index (χ1v) is 17.3. The van der Waals surface area contributed by atoms with Gasteiger partial charge in [0.2, 0.25) is 5.91 Å². The third-order valence-electron chi connectivity index (χ3n) is 10.8. The third kappa shape index (κ3) is 5.71. The lowest BCUT2D eigenvalue weighted by molar-refractivity contribution is -0.122. The maximum absolute atomic E-state index is 13.7. The number of aliphatic imine (C=N–C) groups is 1. The minimum atomic E-state index is -0.410. The first kappa shape index (κ1) is 32.8. The van der Waals surface area contributed by atoms with E-state index in [-0.39, 0.29) is 30.3 Å². The van der Waals surface area contributed by atoms with Crippen LogP contribution in [0.2, 0.25) is 0 Å². The first-order chi connectivity index (χ1) is 22.6. The molecule has 1 amide bonds. The Hall–Kier alpha value is -4.17. The molecule has 47 heavy (non-hydrogen) atoms. The molecule has 3 aromatic heterocycles. The van der Waals surface area contributed by atoms with Crippen molar-refractivity contribution in [1.29, 1.82) is 0 Å². The van der Waals surface area contributed by atoms with Crippen LogP contribution >= 0.6 is 0 Å². The lowest BCUT2D eigenvalue weighted by atomic mass is 9.89. The van der Waals surface area contributed by atoms with E-state index >= 15 is 0 Å². The molecule has 1 fully saturated rings. The number of Topliss-reactive ketones (excluding diaryl/α,β-unsaturated/α-hetero) is 1. The van der Waals surface area contributed by atoms with E-state index in [4.69, 9.17) is 10.1 Å². The summed E-state index contributed by atoms with van der Waals surface area (Å²) in [7, 11) is 0. The number of hydrogen-bond donors (Lipinski definition) is 5. The average Bonchev–Trinajstić information content (AvgIpc) is 3.80. The zero-order valence-corrected chi connectivity index (χ0v) is 28.7. The SMILES string of the molecule is C=Cc1c2[nH]c(c1C)Cc1[nH]c(c(C(C)C(=O)NCCCCCCO)c1C)C1CC(=O)C3=C(C)C(C=c4[nH]c(c(C)c4CC)=C2)N=C31. The molecule has 0 spiro atoms. The molecule has 248 valence electrons. The number of carbonyl (C=O) groups excluding carboxylic acids is 2. The van der Waals surface area contributed by atoms with Gasteiger partial charge in [-0.1, -0.05) is 32.4 Å². The van der Waals surface area contributed by atoms with Gasteiger partial charge in [-0.3, -0.25) is 14.6 Å². The number of ketones is 1. The van der Waals surface area contributed by atoms with E-state index in [1.54, 1.807) is 0 Å². The van der Waals surface area contributed by atoms with Gasteiger partial charge in [0.05, 0.1) is 17.7 Å². The minimum absolute atomic E-state index is 0.0181. The number of aromatic amines is 3. The summed E-state index contributed by atoms with van der Waals surface area (Å²) in [6, 6.07) is -0.232. The fourth-order valence-corrected chi connectivity index (χ4v) is 8.00. The topological polar surface area (TPSA) is 126 Å². The van der Waals surface area contributed by atoms with Gasteiger partial charge in [0.25, 0.3) is 0 Å². The molecule has 8 nitrogen and oxygen atoms in total. The number of aromatic nitrogens is 3. The molecule has 6 rings (SSSR count).